The quantitative estimate of drug-likeness (QED) is 0.826. The highest BCUT2D eigenvalue weighted by atomic mass is 16.2. The topological polar surface area (TPSA) is 46.3 Å². The molecule has 1 rings (SSSR count). The van der Waals surface area contributed by atoms with E-state index in [1.165, 1.54) is 0 Å². The Morgan fingerprint density at radius 3 is 2.21 bits per heavy atom. The van der Waals surface area contributed by atoms with E-state index in [4.69, 9.17) is 5.73 Å². The molecule has 0 heterocycles. The molecule has 0 aliphatic heterocycles. The lowest BCUT2D eigenvalue weighted by molar-refractivity contribution is -0.143. The summed E-state index contributed by atoms with van der Waals surface area (Å²) in [6, 6.07) is 7.91. The molecular formula is C16H26N2O. The van der Waals surface area contributed by atoms with Gasteiger partial charge in [-0.05, 0) is 38.0 Å². The van der Waals surface area contributed by atoms with Crippen LogP contribution >= 0.6 is 0 Å². The van der Waals surface area contributed by atoms with Gasteiger partial charge in [0, 0.05) is 23.7 Å². The molecule has 0 bridgehead atoms. The number of benzene rings is 1. The third-order valence-corrected chi connectivity index (χ3v) is 3.68. The van der Waals surface area contributed by atoms with E-state index in [9.17, 15) is 4.79 Å². The van der Waals surface area contributed by atoms with Gasteiger partial charge in [0.15, 0.2) is 0 Å². The first-order valence-corrected chi connectivity index (χ1v) is 6.93. The maximum absolute atomic E-state index is 12.6. The minimum absolute atomic E-state index is 0.191. The Morgan fingerprint density at radius 1 is 1.26 bits per heavy atom. The summed E-state index contributed by atoms with van der Waals surface area (Å²) >= 11 is 0. The number of hydrogen-bond acceptors (Lipinski definition) is 2. The minimum atomic E-state index is -0.307. The van der Waals surface area contributed by atoms with Crippen LogP contribution in [0.25, 0.3) is 0 Å². The molecule has 2 N–H and O–H groups in total. The second kappa shape index (κ2) is 6.09. The van der Waals surface area contributed by atoms with Crippen molar-refractivity contribution >= 4 is 11.6 Å². The number of carbonyl (C=O) groups is 1. The molecule has 0 atom stereocenters. The molecule has 3 nitrogen and oxygen atoms in total. The van der Waals surface area contributed by atoms with Crippen LogP contribution in [0.15, 0.2) is 24.3 Å². The highest BCUT2D eigenvalue weighted by Crippen LogP contribution is 2.25. The molecule has 1 aromatic rings. The van der Waals surface area contributed by atoms with Gasteiger partial charge in [0.2, 0.25) is 5.91 Å². The third kappa shape index (κ3) is 3.98. The molecule has 0 aliphatic rings. The predicted molar refractivity (Wildman–Crippen MR) is 80.6 cm³/mol. The fourth-order valence-corrected chi connectivity index (χ4v) is 1.85. The van der Waals surface area contributed by atoms with Gasteiger partial charge in [-0.3, -0.25) is 4.79 Å². The third-order valence-electron chi connectivity index (χ3n) is 3.68. The van der Waals surface area contributed by atoms with Gasteiger partial charge in [-0.25, -0.2) is 0 Å². The molecule has 19 heavy (non-hydrogen) atoms. The van der Waals surface area contributed by atoms with Gasteiger partial charge in [-0.1, -0.05) is 32.9 Å². The molecule has 0 aliphatic carbocycles. The standard InChI is InChI=1S/C16H26N2O/c1-6-16(4,5)15(19)18(12(2)3)11-13-7-9-14(17)10-8-13/h7-10,12H,6,11,17H2,1-5H3. The number of nitrogens with zero attached hydrogens (tertiary/aromatic N) is 1. The average molecular weight is 262 g/mol. The number of nitrogen functional groups attached to an aromatic ring is 1. The van der Waals surface area contributed by atoms with Crippen molar-refractivity contribution in [3.8, 4) is 0 Å². The Labute approximate surface area is 116 Å². The molecule has 0 saturated heterocycles. The number of carbonyl (C=O) groups excluding carboxylic acids is 1. The van der Waals surface area contributed by atoms with Crippen LogP contribution < -0.4 is 5.73 Å². The van der Waals surface area contributed by atoms with Gasteiger partial charge in [-0.2, -0.15) is 0 Å². The van der Waals surface area contributed by atoms with Crippen molar-refractivity contribution in [1.29, 1.82) is 0 Å². The predicted octanol–water partition coefficient (Wildman–Crippen LogP) is 3.44. The number of anilines is 1. The van der Waals surface area contributed by atoms with Crippen molar-refractivity contribution in [3.05, 3.63) is 29.8 Å². The summed E-state index contributed by atoms with van der Waals surface area (Å²) in [4.78, 5) is 14.5. The molecule has 0 spiro atoms. The minimum Gasteiger partial charge on any atom is -0.399 e. The second-order valence-electron chi connectivity index (χ2n) is 6.01. The van der Waals surface area contributed by atoms with Gasteiger partial charge in [-0.15, -0.1) is 0 Å². The molecule has 3 heteroatoms. The first-order chi connectivity index (χ1) is 8.77. The summed E-state index contributed by atoms with van der Waals surface area (Å²) in [5.41, 5.74) is 7.24. The van der Waals surface area contributed by atoms with Gasteiger partial charge < -0.3 is 10.6 Å². The van der Waals surface area contributed by atoms with E-state index in [-0.39, 0.29) is 17.4 Å². The summed E-state index contributed by atoms with van der Waals surface area (Å²) in [6.45, 7) is 10.8. The Kier molecular flexibility index (Phi) is 4.98. The Morgan fingerprint density at radius 2 is 1.79 bits per heavy atom. The van der Waals surface area contributed by atoms with E-state index < -0.39 is 0 Å². The van der Waals surface area contributed by atoms with Crippen molar-refractivity contribution in [2.24, 2.45) is 5.41 Å². The first kappa shape index (κ1) is 15.5. The number of nitrogens with two attached hydrogens (primary N) is 1. The smallest absolute Gasteiger partial charge is 0.228 e. The fraction of sp³-hybridized carbons (Fsp3) is 0.562. The van der Waals surface area contributed by atoms with E-state index in [0.717, 1.165) is 17.7 Å². The normalized spacial score (nSPS) is 11.7. The molecule has 0 aromatic heterocycles. The highest BCUT2D eigenvalue weighted by Gasteiger charge is 2.31. The van der Waals surface area contributed by atoms with Gasteiger partial charge in [0.25, 0.3) is 0 Å². The van der Waals surface area contributed by atoms with Gasteiger partial charge >= 0.3 is 0 Å². The Bertz CT molecular complexity index is 421. The van der Waals surface area contributed by atoms with Crippen LogP contribution in [0, 0.1) is 5.41 Å². The highest BCUT2D eigenvalue weighted by molar-refractivity contribution is 5.82. The first-order valence-electron chi connectivity index (χ1n) is 6.93. The van der Waals surface area contributed by atoms with Gasteiger partial charge in [0.05, 0.1) is 0 Å². The summed E-state index contributed by atoms with van der Waals surface area (Å²) in [5.74, 6) is 0.210. The van der Waals surface area contributed by atoms with E-state index in [1.54, 1.807) is 0 Å². The van der Waals surface area contributed by atoms with Crippen molar-refractivity contribution in [1.82, 2.24) is 4.90 Å². The average Bonchev–Trinajstić information content (AvgIpc) is 2.36. The monoisotopic (exact) mass is 262 g/mol. The molecule has 0 saturated carbocycles. The Balaban J connectivity index is 2.90. The summed E-state index contributed by atoms with van der Waals surface area (Å²) in [5, 5.41) is 0. The van der Waals surface area contributed by atoms with Crippen LogP contribution in [0.5, 0.6) is 0 Å². The lowest BCUT2D eigenvalue weighted by Crippen LogP contribution is -2.44. The van der Waals surface area contributed by atoms with Crippen LogP contribution in [-0.2, 0) is 11.3 Å². The van der Waals surface area contributed by atoms with Crippen molar-refractivity contribution in [2.45, 2.75) is 53.6 Å². The van der Waals surface area contributed by atoms with E-state index in [0.29, 0.717) is 6.54 Å². The maximum Gasteiger partial charge on any atom is 0.228 e. The number of amides is 1. The molecular weight excluding hydrogens is 236 g/mol. The van der Waals surface area contributed by atoms with Gasteiger partial charge in [0.1, 0.15) is 0 Å². The Hall–Kier alpha value is -1.51. The summed E-state index contributed by atoms with van der Waals surface area (Å²) < 4.78 is 0. The van der Waals surface area contributed by atoms with Crippen molar-refractivity contribution in [2.75, 3.05) is 5.73 Å². The molecule has 0 fully saturated rings. The van der Waals surface area contributed by atoms with Crippen LogP contribution in [0.2, 0.25) is 0 Å². The zero-order valence-electron chi connectivity index (χ0n) is 12.7. The number of hydrogen-bond donors (Lipinski definition) is 1. The van der Waals surface area contributed by atoms with Crippen LogP contribution in [-0.4, -0.2) is 16.8 Å². The molecule has 1 amide bonds. The molecule has 0 unspecified atom stereocenters. The lowest BCUT2D eigenvalue weighted by Gasteiger charge is -2.34. The van der Waals surface area contributed by atoms with E-state index >= 15 is 0 Å². The van der Waals surface area contributed by atoms with Crippen molar-refractivity contribution in [3.63, 3.8) is 0 Å². The zero-order chi connectivity index (χ0) is 14.6. The fourth-order valence-electron chi connectivity index (χ4n) is 1.85. The second-order valence-corrected chi connectivity index (χ2v) is 6.01. The SMILES string of the molecule is CCC(C)(C)C(=O)N(Cc1ccc(N)cc1)C(C)C. The van der Waals surface area contributed by atoms with Crippen LogP contribution in [0.3, 0.4) is 0 Å². The van der Waals surface area contributed by atoms with E-state index in [1.807, 2.05) is 43.0 Å². The molecule has 1 aromatic carbocycles. The van der Waals surface area contributed by atoms with Crippen molar-refractivity contribution < 1.29 is 4.79 Å². The largest absolute Gasteiger partial charge is 0.399 e. The van der Waals surface area contributed by atoms with E-state index in [2.05, 4.69) is 20.8 Å². The maximum atomic E-state index is 12.6. The lowest BCUT2D eigenvalue weighted by atomic mass is 9.88. The number of rotatable bonds is 5. The summed E-state index contributed by atoms with van der Waals surface area (Å²) in [7, 11) is 0. The van der Waals surface area contributed by atoms with Crippen LogP contribution in [0.4, 0.5) is 5.69 Å². The summed E-state index contributed by atoms with van der Waals surface area (Å²) in [6.07, 6.45) is 0.844. The molecule has 106 valence electrons. The zero-order valence-corrected chi connectivity index (χ0v) is 12.7. The molecule has 0 radical (unpaired) electrons. The van der Waals surface area contributed by atoms with Crippen LogP contribution in [0.1, 0.15) is 46.6 Å².